The second-order valence-electron chi connectivity index (χ2n) is 5.71. The molecule has 7 heteroatoms. The highest BCUT2D eigenvalue weighted by atomic mass is 79.9. The van der Waals surface area contributed by atoms with Crippen LogP contribution in [0.5, 0.6) is 0 Å². The van der Waals surface area contributed by atoms with Crippen LogP contribution in [0.1, 0.15) is 0 Å². The van der Waals surface area contributed by atoms with Crippen molar-refractivity contribution in [1.29, 1.82) is 0 Å². The molecule has 0 spiro atoms. The summed E-state index contributed by atoms with van der Waals surface area (Å²) >= 11 is 3.32. The van der Waals surface area contributed by atoms with Crippen molar-refractivity contribution < 1.29 is 8.42 Å². The first-order chi connectivity index (χ1) is 9.54. The standard InChI is InChI=1S/C14H19BrN2O2S.ClH/c15-13-1-3-14(4-2-13)20(18,19)6-5-17-9-11-7-16-8-12(11)10-17;/h1-4,11-12,16H,5-10H2;1H/t11-,12+;. The van der Waals surface area contributed by atoms with Gasteiger partial charge in [-0.05, 0) is 49.2 Å². The molecule has 0 saturated carbocycles. The highest BCUT2D eigenvalue weighted by molar-refractivity contribution is 9.10. The van der Waals surface area contributed by atoms with E-state index in [2.05, 4.69) is 26.1 Å². The van der Waals surface area contributed by atoms with Crippen LogP contribution in [0.2, 0.25) is 0 Å². The Morgan fingerprint density at radius 3 is 2.29 bits per heavy atom. The van der Waals surface area contributed by atoms with E-state index in [1.54, 1.807) is 24.3 Å². The van der Waals surface area contributed by atoms with E-state index in [-0.39, 0.29) is 18.2 Å². The Hall–Kier alpha value is -0.140. The van der Waals surface area contributed by atoms with Crippen LogP contribution in [0.15, 0.2) is 33.6 Å². The van der Waals surface area contributed by atoms with Crippen LogP contribution in [0.25, 0.3) is 0 Å². The predicted octanol–water partition coefficient (Wildman–Crippen LogP) is 1.80. The summed E-state index contributed by atoms with van der Waals surface area (Å²) in [4.78, 5) is 2.72. The van der Waals surface area contributed by atoms with E-state index < -0.39 is 9.84 Å². The third-order valence-corrected chi connectivity index (χ3v) is 6.55. The van der Waals surface area contributed by atoms with Crippen molar-refractivity contribution in [2.45, 2.75) is 4.90 Å². The number of rotatable bonds is 4. The van der Waals surface area contributed by atoms with Crippen molar-refractivity contribution in [3.05, 3.63) is 28.7 Å². The molecule has 2 aliphatic rings. The zero-order valence-electron chi connectivity index (χ0n) is 11.7. The average Bonchev–Trinajstić information content (AvgIpc) is 2.97. The van der Waals surface area contributed by atoms with E-state index in [1.165, 1.54) is 0 Å². The molecular weight excluding hydrogens is 376 g/mol. The largest absolute Gasteiger partial charge is 0.316 e. The van der Waals surface area contributed by atoms with Crippen LogP contribution in [-0.2, 0) is 9.84 Å². The van der Waals surface area contributed by atoms with E-state index in [0.717, 1.165) is 30.7 Å². The number of fused-ring (bicyclic) bond motifs is 1. The van der Waals surface area contributed by atoms with Crippen LogP contribution < -0.4 is 5.32 Å². The fourth-order valence-electron chi connectivity index (χ4n) is 3.14. The minimum Gasteiger partial charge on any atom is -0.316 e. The molecular formula is C14H20BrClN2O2S. The third kappa shape index (κ3) is 3.99. The fraction of sp³-hybridized carbons (Fsp3) is 0.571. The lowest BCUT2D eigenvalue weighted by molar-refractivity contribution is 0.331. The zero-order valence-corrected chi connectivity index (χ0v) is 14.9. The van der Waals surface area contributed by atoms with Gasteiger partial charge in [0.15, 0.2) is 9.84 Å². The Kier molecular flexibility index (Phi) is 5.71. The molecule has 1 aromatic rings. The van der Waals surface area contributed by atoms with Crippen molar-refractivity contribution in [1.82, 2.24) is 10.2 Å². The first kappa shape index (κ1) is 17.2. The van der Waals surface area contributed by atoms with Gasteiger partial charge in [-0.1, -0.05) is 15.9 Å². The van der Waals surface area contributed by atoms with Gasteiger partial charge in [0.05, 0.1) is 10.6 Å². The highest BCUT2D eigenvalue weighted by Gasteiger charge is 2.36. The second kappa shape index (κ2) is 6.96. The minimum absolute atomic E-state index is 0. The molecule has 2 fully saturated rings. The molecule has 1 N–H and O–H groups in total. The summed E-state index contributed by atoms with van der Waals surface area (Å²) in [6, 6.07) is 6.89. The summed E-state index contributed by atoms with van der Waals surface area (Å²) in [6.07, 6.45) is 0. The lowest BCUT2D eigenvalue weighted by Crippen LogP contribution is -2.30. The molecule has 2 atom stereocenters. The van der Waals surface area contributed by atoms with Crippen molar-refractivity contribution in [2.24, 2.45) is 11.8 Å². The van der Waals surface area contributed by atoms with Crippen LogP contribution >= 0.6 is 28.3 Å². The van der Waals surface area contributed by atoms with Crippen molar-refractivity contribution in [3.63, 3.8) is 0 Å². The van der Waals surface area contributed by atoms with Gasteiger partial charge in [-0.15, -0.1) is 12.4 Å². The molecule has 2 heterocycles. The van der Waals surface area contributed by atoms with Gasteiger partial charge in [0.25, 0.3) is 0 Å². The van der Waals surface area contributed by atoms with Gasteiger partial charge in [0.1, 0.15) is 0 Å². The molecule has 1 aromatic carbocycles. The number of likely N-dealkylation sites (tertiary alicyclic amines) is 1. The molecule has 21 heavy (non-hydrogen) atoms. The van der Waals surface area contributed by atoms with Crippen LogP contribution in [0, 0.1) is 11.8 Å². The van der Waals surface area contributed by atoms with Crippen LogP contribution in [0.3, 0.4) is 0 Å². The maximum atomic E-state index is 12.3. The lowest BCUT2D eigenvalue weighted by atomic mass is 10.0. The summed E-state index contributed by atoms with van der Waals surface area (Å²) in [5.41, 5.74) is 0. The highest BCUT2D eigenvalue weighted by Crippen LogP contribution is 2.26. The van der Waals surface area contributed by atoms with E-state index in [9.17, 15) is 8.42 Å². The summed E-state index contributed by atoms with van der Waals surface area (Å²) in [7, 11) is -3.17. The van der Waals surface area contributed by atoms with E-state index in [4.69, 9.17) is 0 Å². The lowest BCUT2D eigenvalue weighted by Gasteiger charge is -2.16. The maximum absolute atomic E-state index is 12.3. The Balaban J connectivity index is 0.00000161. The van der Waals surface area contributed by atoms with Gasteiger partial charge >= 0.3 is 0 Å². The number of benzene rings is 1. The topological polar surface area (TPSA) is 49.4 Å². The normalized spacial score (nSPS) is 25.6. The number of sulfone groups is 1. The Morgan fingerprint density at radius 1 is 1.14 bits per heavy atom. The molecule has 0 aromatic heterocycles. The smallest absolute Gasteiger partial charge is 0.179 e. The fourth-order valence-corrected chi connectivity index (χ4v) is 4.69. The molecule has 0 unspecified atom stereocenters. The quantitative estimate of drug-likeness (QED) is 0.844. The summed E-state index contributed by atoms with van der Waals surface area (Å²) < 4.78 is 25.5. The van der Waals surface area contributed by atoms with Crippen molar-refractivity contribution in [3.8, 4) is 0 Å². The van der Waals surface area contributed by atoms with Gasteiger partial charge in [0, 0.05) is 24.1 Å². The van der Waals surface area contributed by atoms with Crippen LogP contribution in [0.4, 0.5) is 0 Å². The number of hydrogen-bond donors (Lipinski definition) is 1. The summed E-state index contributed by atoms with van der Waals surface area (Å²) in [5, 5.41) is 3.40. The predicted molar refractivity (Wildman–Crippen MR) is 89.7 cm³/mol. The number of hydrogen-bond acceptors (Lipinski definition) is 4. The SMILES string of the molecule is Cl.O=S(=O)(CCN1C[C@H]2CNC[C@H]2C1)c1ccc(Br)cc1. The minimum atomic E-state index is -3.17. The molecule has 0 aliphatic carbocycles. The van der Waals surface area contributed by atoms with Gasteiger partial charge in [-0.2, -0.15) is 0 Å². The summed E-state index contributed by atoms with van der Waals surface area (Å²) in [5.74, 6) is 1.64. The summed E-state index contributed by atoms with van der Waals surface area (Å²) in [6.45, 7) is 4.88. The van der Waals surface area contributed by atoms with Crippen molar-refractivity contribution >= 4 is 38.2 Å². The van der Waals surface area contributed by atoms with E-state index >= 15 is 0 Å². The first-order valence-electron chi connectivity index (χ1n) is 6.96. The maximum Gasteiger partial charge on any atom is 0.179 e. The zero-order chi connectivity index (χ0) is 14.2. The number of nitrogens with zero attached hydrogens (tertiary/aromatic N) is 1. The molecule has 0 radical (unpaired) electrons. The first-order valence-corrected chi connectivity index (χ1v) is 9.40. The Morgan fingerprint density at radius 2 is 1.71 bits per heavy atom. The molecule has 0 amide bonds. The number of nitrogens with one attached hydrogen (secondary N) is 1. The van der Waals surface area contributed by atoms with Gasteiger partial charge in [0.2, 0.25) is 0 Å². The monoisotopic (exact) mass is 394 g/mol. The molecule has 0 bridgehead atoms. The van der Waals surface area contributed by atoms with E-state index in [0.29, 0.717) is 23.3 Å². The van der Waals surface area contributed by atoms with Gasteiger partial charge < -0.3 is 10.2 Å². The average molecular weight is 396 g/mol. The van der Waals surface area contributed by atoms with Crippen LogP contribution in [-0.4, -0.2) is 51.8 Å². The third-order valence-electron chi connectivity index (χ3n) is 4.31. The van der Waals surface area contributed by atoms with Gasteiger partial charge in [-0.3, -0.25) is 0 Å². The molecule has 3 rings (SSSR count). The molecule has 2 aliphatic heterocycles. The van der Waals surface area contributed by atoms with Gasteiger partial charge in [-0.25, -0.2) is 8.42 Å². The Labute approximate surface area is 140 Å². The molecule has 2 saturated heterocycles. The van der Waals surface area contributed by atoms with E-state index in [1.807, 2.05) is 0 Å². The number of halogens is 2. The molecule has 118 valence electrons. The second-order valence-corrected chi connectivity index (χ2v) is 8.74. The Bertz CT molecular complexity index is 567. The van der Waals surface area contributed by atoms with Crippen molar-refractivity contribution in [2.75, 3.05) is 38.5 Å². The molecule has 4 nitrogen and oxygen atoms in total.